The molecule has 1 rings (SSSR count). The molecule has 3 heteroatoms. The van der Waals surface area contributed by atoms with Crippen molar-refractivity contribution in [1.82, 2.24) is 9.88 Å². The number of hydrogen-bond acceptors (Lipinski definition) is 3. The minimum atomic E-state index is 0.107. The molecule has 0 N–H and O–H groups in total. The first-order valence-corrected chi connectivity index (χ1v) is 6.78. The van der Waals surface area contributed by atoms with Gasteiger partial charge in [-0.15, -0.1) is 0 Å². The van der Waals surface area contributed by atoms with Crippen LogP contribution in [0.1, 0.15) is 51.0 Å². The maximum atomic E-state index is 6.04. The van der Waals surface area contributed by atoms with Gasteiger partial charge in [0.1, 0.15) is 0 Å². The predicted octanol–water partition coefficient (Wildman–Crippen LogP) is 3.41. The van der Waals surface area contributed by atoms with Crippen LogP contribution in [-0.4, -0.2) is 30.1 Å². The molecule has 2 atom stereocenters. The molecule has 0 fully saturated rings. The molecule has 0 aliphatic heterocycles. The largest absolute Gasteiger partial charge is 0.371 e. The van der Waals surface area contributed by atoms with Crippen LogP contribution in [0.15, 0.2) is 18.3 Å². The first kappa shape index (κ1) is 15.1. The Balaban J connectivity index is 2.74. The van der Waals surface area contributed by atoms with Crippen molar-refractivity contribution in [2.45, 2.75) is 52.4 Å². The van der Waals surface area contributed by atoms with E-state index < -0.39 is 0 Å². The molecule has 0 saturated carbocycles. The summed E-state index contributed by atoms with van der Waals surface area (Å²) >= 11 is 0. The van der Waals surface area contributed by atoms with Gasteiger partial charge >= 0.3 is 0 Å². The summed E-state index contributed by atoms with van der Waals surface area (Å²) in [5, 5.41) is 0. The van der Waals surface area contributed by atoms with Crippen LogP contribution in [-0.2, 0) is 11.3 Å². The normalized spacial score (nSPS) is 14.8. The van der Waals surface area contributed by atoms with E-state index in [9.17, 15) is 0 Å². The number of hydrogen-bond donors (Lipinski definition) is 0. The molecular formula is C15H26N2O. The van der Waals surface area contributed by atoms with Crippen molar-refractivity contribution in [3.05, 3.63) is 29.6 Å². The average Bonchev–Trinajstić information content (AvgIpc) is 2.28. The maximum Gasteiger partial charge on any atom is 0.0818 e. The Bertz CT molecular complexity index is 352. The molecule has 0 bridgehead atoms. The van der Waals surface area contributed by atoms with Crippen LogP contribution >= 0.6 is 0 Å². The average molecular weight is 250 g/mol. The van der Waals surface area contributed by atoms with Crippen LogP contribution in [0.25, 0.3) is 0 Å². The molecular weight excluding hydrogens is 224 g/mol. The quantitative estimate of drug-likeness (QED) is 0.741. The molecule has 0 aliphatic rings. The molecule has 0 aliphatic carbocycles. The van der Waals surface area contributed by atoms with Gasteiger partial charge in [-0.05, 0) is 40.4 Å². The second-order valence-corrected chi connectivity index (χ2v) is 5.15. The smallest absolute Gasteiger partial charge is 0.0818 e. The summed E-state index contributed by atoms with van der Waals surface area (Å²) in [5.41, 5.74) is 2.31. The van der Waals surface area contributed by atoms with Gasteiger partial charge in [0.05, 0.1) is 17.9 Å². The summed E-state index contributed by atoms with van der Waals surface area (Å²) in [6, 6.07) is 4.11. The van der Waals surface area contributed by atoms with E-state index in [4.69, 9.17) is 4.74 Å². The fourth-order valence-electron chi connectivity index (χ4n) is 2.15. The number of rotatable bonds is 7. The van der Waals surface area contributed by atoms with Crippen molar-refractivity contribution in [3.63, 3.8) is 0 Å². The third kappa shape index (κ3) is 4.75. The van der Waals surface area contributed by atoms with Gasteiger partial charge in [0.2, 0.25) is 0 Å². The minimum Gasteiger partial charge on any atom is -0.371 e. The molecule has 18 heavy (non-hydrogen) atoms. The minimum absolute atomic E-state index is 0.107. The van der Waals surface area contributed by atoms with Gasteiger partial charge in [-0.2, -0.15) is 0 Å². The SMILES string of the molecule is CCCC(C)OC(C)c1cccnc1CN(C)C. The molecule has 0 aromatic carbocycles. The van der Waals surface area contributed by atoms with Gasteiger partial charge in [-0.3, -0.25) is 4.98 Å². The molecule has 1 heterocycles. The lowest BCUT2D eigenvalue weighted by Crippen LogP contribution is -2.17. The van der Waals surface area contributed by atoms with Gasteiger partial charge in [0, 0.05) is 18.3 Å². The van der Waals surface area contributed by atoms with Crippen molar-refractivity contribution in [1.29, 1.82) is 0 Å². The summed E-state index contributed by atoms with van der Waals surface area (Å²) in [4.78, 5) is 6.60. The fraction of sp³-hybridized carbons (Fsp3) is 0.667. The van der Waals surface area contributed by atoms with E-state index in [1.165, 1.54) is 5.56 Å². The highest BCUT2D eigenvalue weighted by molar-refractivity contribution is 5.22. The molecule has 1 aromatic rings. The Labute approximate surface area is 111 Å². The highest BCUT2D eigenvalue weighted by Crippen LogP contribution is 2.22. The van der Waals surface area contributed by atoms with E-state index in [-0.39, 0.29) is 6.10 Å². The summed E-state index contributed by atoms with van der Waals surface area (Å²) in [5.74, 6) is 0. The van der Waals surface area contributed by atoms with Crippen molar-refractivity contribution in [2.24, 2.45) is 0 Å². The third-order valence-electron chi connectivity index (χ3n) is 2.96. The van der Waals surface area contributed by atoms with E-state index in [0.29, 0.717) is 6.10 Å². The molecule has 2 unspecified atom stereocenters. The second-order valence-electron chi connectivity index (χ2n) is 5.15. The zero-order valence-corrected chi connectivity index (χ0v) is 12.3. The van der Waals surface area contributed by atoms with Gasteiger partial charge in [0.25, 0.3) is 0 Å². The zero-order chi connectivity index (χ0) is 13.5. The van der Waals surface area contributed by atoms with Crippen LogP contribution in [0.3, 0.4) is 0 Å². The van der Waals surface area contributed by atoms with Crippen LogP contribution < -0.4 is 0 Å². The van der Waals surface area contributed by atoms with Crippen LogP contribution in [0, 0.1) is 0 Å². The summed E-state index contributed by atoms with van der Waals surface area (Å²) in [6.45, 7) is 7.29. The van der Waals surface area contributed by atoms with E-state index in [0.717, 1.165) is 25.1 Å². The number of ether oxygens (including phenoxy) is 1. The lowest BCUT2D eigenvalue weighted by Gasteiger charge is -2.22. The van der Waals surface area contributed by atoms with Gasteiger partial charge < -0.3 is 9.64 Å². The third-order valence-corrected chi connectivity index (χ3v) is 2.96. The van der Waals surface area contributed by atoms with Gasteiger partial charge in [-0.1, -0.05) is 19.4 Å². The van der Waals surface area contributed by atoms with Crippen molar-refractivity contribution < 1.29 is 4.74 Å². The highest BCUT2D eigenvalue weighted by Gasteiger charge is 2.14. The molecule has 3 nitrogen and oxygen atoms in total. The van der Waals surface area contributed by atoms with Crippen molar-refractivity contribution in [3.8, 4) is 0 Å². The van der Waals surface area contributed by atoms with Crippen LogP contribution in [0.5, 0.6) is 0 Å². The monoisotopic (exact) mass is 250 g/mol. The Hall–Kier alpha value is -0.930. The molecule has 1 aromatic heterocycles. The molecule has 0 amide bonds. The van der Waals surface area contributed by atoms with Crippen molar-refractivity contribution in [2.75, 3.05) is 14.1 Å². The first-order chi connectivity index (χ1) is 8.54. The summed E-state index contributed by atoms with van der Waals surface area (Å²) < 4.78 is 6.04. The van der Waals surface area contributed by atoms with Crippen LogP contribution in [0.2, 0.25) is 0 Å². The molecule has 102 valence electrons. The van der Waals surface area contributed by atoms with Gasteiger partial charge in [-0.25, -0.2) is 0 Å². The summed E-state index contributed by atoms with van der Waals surface area (Å²) in [6.07, 6.45) is 4.52. The highest BCUT2D eigenvalue weighted by atomic mass is 16.5. The van der Waals surface area contributed by atoms with E-state index in [2.05, 4.69) is 50.8 Å². The number of aromatic nitrogens is 1. The first-order valence-electron chi connectivity index (χ1n) is 6.78. The lowest BCUT2D eigenvalue weighted by molar-refractivity contribution is 0.00171. The topological polar surface area (TPSA) is 25.4 Å². The Morgan fingerprint density at radius 1 is 1.33 bits per heavy atom. The lowest BCUT2D eigenvalue weighted by atomic mass is 10.1. The molecule has 0 saturated heterocycles. The number of nitrogens with zero attached hydrogens (tertiary/aromatic N) is 2. The van der Waals surface area contributed by atoms with E-state index in [1.54, 1.807) is 0 Å². The Morgan fingerprint density at radius 2 is 2.06 bits per heavy atom. The van der Waals surface area contributed by atoms with Crippen molar-refractivity contribution >= 4 is 0 Å². The Kier molecular flexibility index (Phi) is 6.30. The predicted molar refractivity (Wildman–Crippen MR) is 75.5 cm³/mol. The number of pyridine rings is 1. The summed E-state index contributed by atoms with van der Waals surface area (Å²) in [7, 11) is 4.12. The van der Waals surface area contributed by atoms with Gasteiger partial charge in [0.15, 0.2) is 0 Å². The molecule has 0 radical (unpaired) electrons. The van der Waals surface area contributed by atoms with E-state index in [1.807, 2.05) is 12.3 Å². The fourth-order valence-corrected chi connectivity index (χ4v) is 2.15. The maximum absolute atomic E-state index is 6.04. The Morgan fingerprint density at radius 3 is 2.67 bits per heavy atom. The zero-order valence-electron chi connectivity index (χ0n) is 12.3. The van der Waals surface area contributed by atoms with Crippen LogP contribution in [0.4, 0.5) is 0 Å². The standard InChI is InChI=1S/C15H26N2O/c1-6-8-12(2)18-13(3)14-9-7-10-16-15(14)11-17(4)5/h7,9-10,12-13H,6,8,11H2,1-5H3. The molecule has 0 spiro atoms. The second kappa shape index (κ2) is 7.49. The van der Waals surface area contributed by atoms with E-state index >= 15 is 0 Å².